The lowest BCUT2D eigenvalue weighted by atomic mass is 9.76. The van der Waals surface area contributed by atoms with E-state index < -0.39 is 23.4 Å². The third-order valence-corrected chi connectivity index (χ3v) is 8.44. The Kier molecular flexibility index (Phi) is 5.58. The number of phenolic OH excluding ortho intramolecular Hbond substituents is 1. The molecule has 3 amide bonds. The number of aromatic hydroxyl groups is 1. The van der Waals surface area contributed by atoms with Gasteiger partial charge in [0.2, 0.25) is 17.7 Å². The number of phenols is 1. The third-order valence-electron chi connectivity index (χ3n) is 8.03. The molecule has 8 heteroatoms. The summed E-state index contributed by atoms with van der Waals surface area (Å²) in [5, 5.41) is 16.6. The standard InChI is InChI=1S/C29H26ClN3O4/c1-16-21(30)12-11-20-25(16)31-28(37)29(20)24-23(22(32-29)15-18-7-9-19(34)10-8-18)26(35)33(27(24)36)14-13-17-5-3-2-4-6-17/h2-12,22-24,32,34H,13-15H2,1H3,(H,31,37). The van der Waals surface area contributed by atoms with Gasteiger partial charge < -0.3 is 10.4 Å². The van der Waals surface area contributed by atoms with Gasteiger partial charge in [-0.25, -0.2) is 0 Å². The summed E-state index contributed by atoms with van der Waals surface area (Å²) < 4.78 is 0. The summed E-state index contributed by atoms with van der Waals surface area (Å²) in [6.07, 6.45) is 0.961. The lowest BCUT2D eigenvalue weighted by Gasteiger charge is -2.29. The number of halogens is 1. The van der Waals surface area contributed by atoms with Gasteiger partial charge in [0.25, 0.3) is 0 Å². The number of carbonyl (C=O) groups is 3. The van der Waals surface area contributed by atoms with E-state index in [1.807, 2.05) is 37.3 Å². The van der Waals surface area contributed by atoms with Gasteiger partial charge in [-0.2, -0.15) is 0 Å². The molecule has 4 atom stereocenters. The van der Waals surface area contributed by atoms with E-state index in [0.717, 1.165) is 16.7 Å². The molecule has 3 aromatic carbocycles. The molecule has 3 heterocycles. The molecular weight excluding hydrogens is 490 g/mol. The highest BCUT2D eigenvalue weighted by atomic mass is 35.5. The lowest BCUT2D eigenvalue weighted by molar-refractivity contribution is -0.142. The summed E-state index contributed by atoms with van der Waals surface area (Å²) in [6, 6.07) is 19.5. The number of nitrogens with zero attached hydrogens (tertiary/aromatic N) is 1. The van der Waals surface area contributed by atoms with Crippen LogP contribution in [0.15, 0.2) is 66.7 Å². The molecule has 3 aliphatic heterocycles. The number of fused-ring (bicyclic) bond motifs is 4. The number of nitrogens with one attached hydrogen (secondary N) is 2. The molecule has 4 unspecified atom stereocenters. The van der Waals surface area contributed by atoms with E-state index in [2.05, 4.69) is 10.6 Å². The monoisotopic (exact) mass is 515 g/mol. The van der Waals surface area contributed by atoms with Gasteiger partial charge in [-0.1, -0.05) is 60.1 Å². The zero-order valence-corrected chi connectivity index (χ0v) is 21.0. The average molecular weight is 516 g/mol. The molecule has 0 saturated carbocycles. The summed E-state index contributed by atoms with van der Waals surface area (Å²) >= 11 is 6.35. The van der Waals surface area contributed by atoms with Crippen LogP contribution in [0.25, 0.3) is 0 Å². The van der Waals surface area contributed by atoms with E-state index >= 15 is 0 Å². The minimum atomic E-state index is -1.37. The van der Waals surface area contributed by atoms with Gasteiger partial charge in [0, 0.05) is 23.2 Å². The van der Waals surface area contributed by atoms with E-state index in [-0.39, 0.29) is 30.0 Å². The number of hydrogen-bond acceptors (Lipinski definition) is 5. The number of imide groups is 1. The van der Waals surface area contributed by atoms with Crippen LogP contribution in [0.2, 0.25) is 5.02 Å². The van der Waals surface area contributed by atoms with E-state index in [1.54, 1.807) is 36.4 Å². The zero-order chi connectivity index (χ0) is 25.9. The minimum absolute atomic E-state index is 0.146. The van der Waals surface area contributed by atoms with Crippen LogP contribution in [-0.2, 0) is 32.8 Å². The minimum Gasteiger partial charge on any atom is -0.508 e. The number of anilines is 1. The van der Waals surface area contributed by atoms with Crippen LogP contribution in [0.5, 0.6) is 5.75 Å². The maximum atomic E-state index is 14.0. The van der Waals surface area contributed by atoms with Crippen molar-refractivity contribution < 1.29 is 19.5 Å². The Hall–Kier alpha value is -3.68. The van der Waals surface area contributed by atoms with E-state index in [9.17, 15) is 19.5 Å². The largest absolute Gasteiger partial charge is 0.508 e. The van der Waals surface area contributed by atoms with E-state index in [0.29, 0.717) is 29.1 Å². The normalized spacial score (nSPS) is 26.1. The Bertz CT molecular complexity index is 1430. The smallest absolute Gasteiger partial charge is 0.250 e. The molecule has 188 valence electrons. The van der Waals surface area contributed by atoms with Crippen molar-refractivity contribution in [2.45, 2.75) is 31.3 Å². The first-order valence-corrected chi connectivity index (χ1v) is 12.7. The Morgan fingerprint density at radius 1 is 0.946 bits per heavy atom. The topological polar surface area (TPSA) is 98.7 Å². The molecule has 6 rings (SSSR count). The number of hydrogen-bond donors (Lipinski definition) is 3. The van der Waals surface area contributed by atoms with Crippen LogP contribution in [0.1, 0.15) is 22.3 Å². The first kappa shape index (κ1) is 23.7. The first-order valence-electron chi connectivity index (χ1n) is 12.4. The summed E-state index contributed by atoms with van der Waals surface area (Å²) in [6.45, 7) is 2.08. The highest BCUT2D eigenvalue weighted by molar-refractivity contribution is 6.32. The molecule has 3 aliphatic rings. The molecule has 3 N–H and O–H groups in total. The average Bonchev–Trinajstić information content (AvgIpc) is 3.47. The van der Waals surface area contributed by atoms with Gasteiger partial charge in [-0.05, 0) is 54.7 Å². The van der Waals surface area contributed by atoms with Crippen LogP contribution >= 0.6 is 11.6 Å². The fourth-order valence-electron chi connectivity index (χ4n) is 6.22. The van der Waals surface area contributed by atoms with Crippen molar-refractivity contribution in [3.63, 3.8) is 0 Å². The SMILES string of the molecule is Cc1c(Cl)ccc2c1NC(=O)C21NC(Cc2ccc(O)cc2)C2C(=O)N(CCc3ccccc3)C(=O)C21. The summed E-state index contributed by atoms with van der Waals surface area (Å²) in [7, 11) is 0. The van der Waals surface area contributed by atoms with Gasteiger partial charge in [-0.3, -0.25) is 24.6 Å². The molecule has 37 heavy (non-hydrogen) atoms. The van der Waals surface area contributed by atoms with Crippen molar-refractivity contribution >= 4 is 35.0 Å². The molecule has 2 saturated heterocycles. The zero-order valence-electron chi connectivity index (χ0n) is 20.2. The highest BCUT2D eigenvalue weighted by Gasteiger charge is 2.70. The van der Waals surface area contributed by atoms with Crippen LogP contribution in [-0.4, -0.2) is 40.3 Å². The van der Waals surface area contributed by atoms with Crippen molar-refractivity contribution in [3.8, 4) is 5.75 Å². The van der Waals surface area contributed by atoms with Gasteiger partial charge in [0.05, 0.1) is 17.5 Å². The van der Waals surface area contributed by atoms with Crippen LogP contribution in [0.3, 0.4) is 0 Å². The number of amides is 3. The second kappa shape index (κ2) is 8.71. The van der Waals surface area contributed by atoms with Crippen molar-refractivity contribution in [2.75, 3.05) is 11.9 Å². The van der Waals surface area contributed by atoms with Gasteiger partial charge >= 0.3 is 0 Å². The van der Waals surface area contributed by atoms with Crippen molar-refractivity contribution in [2.24, 2.45) is 11.8 Å². The van der Waals surface area contributed by atoms with Crippen LogP contribution < -0.4 is 10.6 Å². The molecule has 7 nitrogen and oxygen atoms in total. The Labute approximate surface area is 219 Å². The number of carbonyl (C=O) groups excluding carboxylic acids is 3. The number of rotatable bonds is 5. The molecule has 3 aromatic rings. The van der Waals surface area contributed by atoms with Gasteiger partial charge in [0.1, 0.15) is 11.3 Å². The first-order chi connectivity index (χ1) is 17.8. The van der Waals surface area contributed by atoms with Gasteiger partial charge in [0.15, 0.2) is 0 Å². The molecule has 0 radical (unpaired) electrons. The Balaban J connectivity index is 1.41. The predicted molar refractivity (Wildman–Crippen MR) is 139 cm³/mol. The third kappa shape index (κ3) is 3.56. The molecule has 0 aromatic heterocycles. The number of benzene rings is 3. The summed E-state index contributed by atoms with van der Waals surface area (Å²) in [5.74, 6) is -2.37. The predicted octanol–water partition coefficient (Wildman–Crippen LogP) is 3.56. The summed E-state index contributed by atoms with van der Waals surface area (Å²) in [5.41, 5.74) is 2.52. The maximum absolute atomic E-state index is 14.0. The number of likely N-dealkylation sites (tertiary alicyclic amines) is 1. The Morgan fingerprint density at radius 2 is 1.68 bits per heavy atom. The molecular formula is C29H26ClN3O4. The lowest BCUT2D eigenvalue weighted by Crippen LogP contribution is -2.53. The quantitative estimate of drug-likeness (QED) is 0.451. The molecule has 2 fully saturated rings. The van der Waals surface area contributed by atoms with Crippen molar-refractivity contribution in [3.05, 3.63) is 94.0 Å². The molecule has 1 spiro atoms. The van der Waals surface area contributed by atoms with E-state index in [1.165, 1.54) is 4.90 Å². The van der Waals surface area contributed by atoms with Crippen LogP contribution in [0, 0.1) is 18.8 Å². The summed E-state index contributed by atoms with van der Waals surface area (Å²) in [4.78, 5) is 42.8. The molecule has 0 aliphatic carbocycles. The highest BCUT2D eigenvalue weighted by Crippen LogP contribution is 2.54. The second-order valence-corrected chi connectivity index (χ2v) is 10.5. The van der Waals surface area contributed by atoms with Gasteiger partial charge in [-0.15, -0.1) is 0 Å². The van der Waals surface area contributed by atoms with Crippen molar-refractivity contribution in [1.29, 1.82) is 0 Å². The van der Waals surface area contributed by atoms with Crippen molar-refractivity contribution in [1.82, 2.24) is 10.2 Å². The fourth-order valence-corrected chi connectivity index (χ4v) is 6.37. The maximum Gasteiger partial charge on any atom is 0.250 e. The molecule has 0 bridgehead atoms. The van der Waals surface area contributed by atoms with Crippen LogP contribution in [0.4, 0.5) is 5.69 Å². The second-order valence-electron chi connectivity index (χ2n) is 10.0. The van der Waals surface area contributed by atoms with E-state index in [4.69, 9.17) is 11.6 Å². The fraction of sp³-hybridized carbons (Fsp3) is 0.276. The Morgan fingerprint density at radius 3 is 2.41 bits per heavy atom.